The summed E-state index contributed by atoms with van der Waals surface area (Å²) in [6.07, 6.45) is 4.51. The second-order valence-electron chi connectivity index (χ2n) is 9.73. The van der Waals surface area contributed by atoms with Crippen LogP contribution in [-0.2, 0) is 12.8 Å². The Morgan fingerprint density at radius 2 is 1.97 bits per heavy atom. The molecule has 0 bridgehead atoms. The van der Waals surface area contributed by atoms with Crippen molar-refractivity contribution in [3.8, 4) is 5.75 Å². The zero-order valence-electron chi connectivity index (χ0n) is 20.6. The topological polar surface area (TPSA) is 58.6 Å². The molecule has 34 heavy (non-hydrogen) atoms. The SMILES string of the molecule is CC[C@@H](C)c1nc(N2CCN(C(=O)c3ccccc3OC)CC2)c2c3c(sc2n1)C[C@H](C)CC3. The Hall–Kier alpha value is -2.67. The van der Waals surface area contributed by atoms with Crippen LogP contribution in [0.3, 0.4) is 0 Å². The van der Waals surface area contributed by atoms with Gasteiger partial charge in [0.1, 0.15) is 22.2 Å². The number of hydrogen-bond donors (Lipinski definition) is 0. The van der Waals surface area contributed by atoms with Crippen molar-refractivity contribution in [2.75, 3.05) is 38.2 Å². The quantitative estimate of drug-likeness (QED) is 0.498. The third-order valence-corrected chi connectivity index (χ3v) is 8.56. The highest BCUT2D eigenvalue weighted by Gasteiger charge is 2.30. The fraction of sp³-hybridized carbons (Fsp3) is 0.519. The molecule has 5 rings (SSSR count). The molecule has 7 heteroatoms. The van der Waals surface area contributed by atoms with Crippen molar-refractivity contribution < 1.29 is 9.53 Å². The number of aryl methyl sites for hydroxylation is 1. The van der Waals surface area contributed by atoms with E-state index in [9.17, 15) is 4.79 Å². The summed E-state index contributed by atoms with van der Waals surface area (Å²) in [6.45, 7) is 9.64. The first-order chi connectivity index (χ1) is 16.5. The summed E-state index contributed by atoms with van der Waals surface area (Å²) in [5, 5.41) is 1.27. The highest BCUT2D eigenvalue weighted by Crippen LogP contribution is 2.42. The van der Waals surface area contributed by atoms with Crippen molar-refractivity contribution in [1.29, 1.82) is 0 Å². The molecule has 0 saturated carbocycles. The van der Waals surface area contributed by atoms with Gasteiger partial charge >= 0.3 is 0 Å². The lowest BCUT2D eigenvalue weighted by atomic mass is 9.89. The van der Waals surface area contributed by atoms with Gasteiger partial charge in [-0.2, -0.15) is 0 Å². The lowest BCUT2D eigenvalue weighted by Gasteiger charge is -2.36. The number of thiophene rings is 1. The zero-order valence-corrected chi connectivity index (χ0v) is 21.5. The predicted molar refractivity (Wildman–Crippen MR) is 138 cm³/mol. The summed E-state index contributed by atoms with van der Waals surface area (Å²) in [6, 6.07) is 7.47. The van der Waals surface area contributed by atoms with Crippen LogP contribution in [0.5, 0.6) is 5.75 Å². The number of aromatic nitrogens is 2. The normalized spacial score (nSPS) is 19.2. The molecule has 2 aliphatic rings. The van der Waals surface area contributed by atoms with Crippen molar-refractivity contribution in [3.05, 3.63) is 46.1 Å². The molecule has 180 valence electrons. The van der Waals surface area contributed by atoms with Gasteiger partial charge in [-0.05, 0) is 49.3 Å². The van der Waals surface area contributed by atoms with Gasteiger partial charge in [0.15, 0.2) is 0 Å². The zero-order chi connectivity index (χ0) is 23.8. The highest BCUT2D eigenvalue weighted by molar-refractivity contribution is 7.19. The summed E-state index contributed by atoms with van der Waals surface area (Å²) < 4.78 is 5.42. The van der Waals surface area contributed by atoms with Gasteiger partial charge in [-0.25, -0.2) is 9.97 Å². The van der Waals surface area contributed by atoms with Gasteiger partial charge in [-0.15, -0.1) is 11.3 Å². The molecule has 3 aromatic rings. The van der Waals surface area contributed by atoms with Crippen molar-refractivity contribution in [1.82, 2.24) is 14.9 Å². The number of amides is 1. The molecule has 2 atom stereocenters. The number of hydrogen-bond acceptors (Lipinski definition) is 6. The van der Waals surface area contributed by atoms with Crippen LogP contribution in [0.2, 0.25) is 0 Å². The van der Waals surface area contributed by atoms with Gasteiger partial charge in [0.25, 0.3) is 5.91 Å². The molecule has 2 aromatic heterocycles. The Bertz CT molecular complexity index is 1200. The van der Waals surface area contributed by atoms with E-state index in [1.54, 1.807) is 7.11 Å². The van der Waals surface area contributed by atoms with Crippen LogP contribution in [0.15, 0.2) is 24.3 Å². The molecule has 0 radical (unpaired) electrons. The maximum Gasteiger partial charge on any atom is 0.257 e. The van der Waals surface area contributed by atoms with Crippen LogP contribution in [-0.4, -0.2) is 54.1 Å². The monoisotopic (exact) mass is 478 g/mol. The Balaban J connectivity index is 1.45. The van der Waals surface area contributed by atoms with Crippen LogP contribution in [0.1, 0.15) is 66.2 Å². The summed E-state index contributed by atoms with van der Waals surface area (Å²) in [5.74, 6) is 3.75. The number of fused-ring (bicyclic) bond motifs is 3. The van der Waals surface area contributed by atoms with Gasteiger partial charge in [0, 0.05) is 37.0 Å². The Morgan fingerprint density at radius 1 is 1.21 bits per heavy atom. The second-order valence-corrected chi connectivity index (χ2v) is 10.8. The Kier molecular flexibility index (Phi) is 6.47. The van der Waals surface area contributed by atoms with Gasteiger partial charge in [0.2, 0.25) is 0 Å². The van der Waals surface area contributed by atoms with Gasteiger partial charge < -0.3 is 14.5 Å². The van der Waals surface area contributed by atoms with Crippen LogP contribution < -0.4 is 9.64 Å². The molecule has 1 aliphatic carbocycles. The first-order valence-corrected chi connectivity index (χ1v) is 13.3. The molecule has 1 amide bonds. The summed E-state index contributed by atoms with van der Waals surface area (Å²) >= 11 is 1.87. The molecule has 3 heterocycles. The predicted octanol–water partition coefficient (Wildman–Crippen LogP) is 5.30. The number of anilines is 1. The molecular formula is C27H34N4O2S. The van der Waals surface area contributed by atoms with Crippen molar-refractivity contribution in [2.45, 2.75) is 52.4 Å². The number of carbonyl (C=O) groups excluding carboxylic acids is 1. The molecule has 1 aromatic carbocycles. The van der Waals surface area contributed by atoms with Crippen molar-refractivity contribution >= 4 is 33.3 Å². The van der Waals surface area contributed by atoms with Gasteiger partial charge in [0.05, 0.1) is 18.1 Å². The summed E-state index contributed by atoms with van der Waals surface area (Å²) in [7, 11) is 1.61. The fourth-order valence-electron chi connectivity index (χ4n) is 5.08. The first-order valence-electron chi connectivity index (χ1n) is 12.5. The van der Waals surface area contributed by atoms with Gasteiger partial charge in [-0.1, -0.05) is 32.9 Å². The molecule has 1 aliphatic heterocycles. The van der Waals surface area contributed by atoms with E-state index in [0.717, 1.165) is 54.7 Å². The number of nitrogens with zero attached hydrogens (tertiary/aromatic N) is 4. The minimum absolute atomic E-state index is 0.0344. The average Bonchev–Trinajstić information content (AvgIpc) is 3.24. The number of piperazine rings is 1. The van der Waals surface area contributed by atoms with Crippen molar-refractivity contribution in [2.24, 2.45) is 5.92 Å². The van der Waals surface area contributed by atoms with E-state index in [4.69, 9.17) is 14.7 Å². The highest BCUT2D eigenvalue weighted by atomic mass is 32.1. The van der Waals surface area contributed by atoms with Crippen LogP contribution in [0.25, 0.3) is 10.2 Å². The number of carbonyl (C=O) groups is 1. The van der Waals surface area contributed by atoms with E-state index in [0.29, 0.717) is 30.3 Å². The average molecular weight is 479 g/mol. The van der Waals surface area contributed by atoms with E-state index < -0.39 is 0 Å². The summed E-state index contributed by atoms with van der Waals surface area (Å²) in [4.78, 5) is 30.3. The summed E-state index contributed by atoms with van der Waals surface area (Å²) in [5.41, 5.74) is 2.10. The smallest absolute Gasteiger partial charge is 0.257 e. The number of ether oxygens (including phenoxy) is 1. The van der Waals surface area contributed by atoms with E-state index in [-0.39, 0.29) is 5.91 Å². The third kappa shape index (κ3) is 4.15. The number of rotatable bonds is 5. The molecule has 0 spiro atoms. The number of benzene rings is 1. The third-order valence-electron chi connectivity index (χ3n) is 7.41. The van der Waals surface area contributed by atoms with Gasteiger partial charge in [-0.3, -0.25) is 4.79 Å². The second kappa shape index (κ2) is 9.53. The molecule has 0 N–H and O–H groups in total. The van der Waals surface area contributed by atoms with E-state index >= 15 is 0 Å². The Labute approximate surface area is 206 Å². The van der Waals surface area contributed by atoms with E-state index in [1.807, 2.05) is 40.5 Å². The minimum Gasteiger partial charge on any atom is -0.496 e. The van der Waals surface area contributed by atoms with E-state index in [1.165, 1.54) is 22.2 Å². The maximum atomic E-state index is 13.2. The molecule has 1 fully saturated rings. The fourth-order valence-corrected chi connectivity index (χ4v) is 6.47. The molecule has 6 nitrogen and oxygen atoms in total. The van der Waals surface area contributed by atoms with Crippen LogP contribution in [0.4, 0.5) is 5.82 Å². The molecule has 0 unspecified atom stereocenters. The van der Waals surface area contributed by atoms with Crippen LogP contribution in [0, 0.1) is 5.92 Å². The van der Waals surface area contributed by atoms with Crippen molar-refractivity contribution in [3.63, 3.8) is 0 Å². The maximum absolute atomic E-state index is 13.2. The minimum atomic E-state index is 0.0344. The number of methoxy groups -OCH3 is 1. The van der Waals surface area contributed by atoms with E-state index in [2.05, 4.69) is 25.7 Å². The largest absolute Gasteiger partial charge is 0.496 e. The van der Waals surface area contributed by atoms with Crippen LogP contribution >= 0.6 is 11.3 Å². The first kappa shape index (κ1) is 23.1. The number of para-hydroxylation sites is 1. The molecular weight excluding hydrogens is 444 g/mol. The lowest BCUT2D eigenvalue weighted by Crippen LogP contribution is -2.49. The lowest BCUT2D eigenvalue weighted by molar-refractivity contribution is 0.0743. The Morgan fingerprint density at radius 3 is 2.71 bits per heavy atom. The molecule has 1 saturated heterocycles. The standard InChI is InChI=1S/C27H34N4O2S/c1-5-18(3)24-28-25(23-20-11-10-17(2)16-22(20)34-26(23)29-24)30-12-14-31(15-13-30)27(32)19-8-6-7-9-21(19)33-4/h6-9,17-18H,5,10-16H2,1-4H3/t17-,18-/m1/s1.